The Morgan fingerprint density at radius 3 is 2.48 bits per heavy atom. The molecule has 1 atom stereocenters. The Kier molecular flexibility index (Phi) is 5.17. The van der Waals surface area contributed by atoms with E-state index in [0.29, 0.717) is 0 Å². The third-order valence-electron chi connectivity index (χ3n) is 3.06. The number of aromatic amines is 1. The quantitative estimate of drug-likeness (QED) is 0.808. The predicted octanol–water partition coefficient (Wildman–Crippen LogP) is 1.71. The van der Waals surface area contributed by atoms with Gasteiger partial charge in [-0.15, -0.1) is 0 Å². The molecule has 0 fully saturated rings. The smallest absolute Gasteiger partial charge is 0.309 e. The number of H-pyrrole nitrogens is 1. The van der Waals surface area contributed by atoms with Crippen LogP contribution in [0.15, 0.2) is 17.1 Å². The van der Waals surface area contributed by atoms with E-state index in [1.54, 1.807) is 27.7 Å². The molecule has 0 saturated heterocycles. The van der Waals surface area contributed by atoms with Crippen LogP contribution < -0.4 is 10.3 Å². The van der Waals surface area contributed by atoms with Crippen LogP contribution in [-0.4, -0.2) is 28.8 Å². The van der Waals surface area contributed by atoms with Crippen molar-refractivity contribution in [2.45, 2.75) is 51.7 Å². The van der Waals surface area contributed by atoms with Gasteiger partial charge in [0.25, 0.3) is 5.56 Å². The standard InChI is InChI=1S/C15H23NO5/c1-6-15(19,9-11(17)21-14(2,3)4)10-7-8-16-13(18)12(10)20-5/h7-8,19H,6,9H2,1-5H3,(H,16,18). The van der Waals surface area contributed by atoms with Crippen molar-refractivity contribution in [3.8, 4) is 5.75 Å². The highest BCUT2D eigenvalue weighted by Crippen LogP contribution is 2.33. The lowest BCUT2D eigenvalue weighted by atomic mass is 9.88. The highest BCUT2D eigenvalue weighted by molar-refractivity contribution is 5.71. The highest BCUT2D eigenvalue weighted by Gasteiger charge is 2.35. The summed E-state index contributed by atoms with van der Waals surface area (Å²) in [5.74, 6) is -0.528. The highest BCUT2D eigenvalue weighted by atomic mass is 16.6. The molecule has 0 radical (unpaired) electrons. The van der Waals surface area contributed by atoms with Crippen LogP contribution in [0.25, 0.3) is 0 Å². The fourth-order valence-corrected chi connectivity index (χ4v) is 2.06. The molecule has 0 spiro atoms. The zero-order valence-corrected chi connectivity index (χ0v) is 13.1. The number of carbonyl (C=O) groups excluding carboxylic acids is 1. The summed E-state index contributed by atoms with van der Waals surface area (Å²) >= 11 is 0. The lowest BCUT2D eigenvalue weighted by molar-refractivity contribution is -0.161. The summed E-state index contributed by atoms with van der Waals surface area (Å²) < 4.78 is 10.3. The van der Waals surface area contributed by atoms with Gasteiger partial charge in [0.1, 0.15) is 11.2 Å². The molecule has 1 unspecified atom stereocenters. The van der Waals surface area contributed by atoms with Crippen LogP contribution in [0.1, 0.15) is 46.1 Å². The minimum atomic E-state index is -1.51. The fraction of sp³-hybridized carbons (Fsp3) is 0.600. The maximum atomic E-state index is 12.0. The second kappa shape index (κ2) is 6.30. The molecule has 0 amide bonds. The lowest BCUT2D eigenvalue weighted by Gasteiger charge is -2.29. The minimum absolute atomic E-state index is 0.00501. The molecule has 0 bridgehead atoms. The summed E-state index contributed by atoms with van der Waals surface area (Å²) in [6.45, 7) is 6.99. The van der Waals surface area contributed by atoms with Crippen molar-refractivity contribution in [2.24, 2.45) is 0 Å². The molecule has 0 aromatic carbocycles. The number of aromatic nitrogens is 1. The van der Waals surface area contributed by atoms with Crippen molar-refractivity contribution in [3.05, 3.63) is 28.2 Å². The molecule has 21 heavy (non-hydrogen) atoms. The predicted molar refractivity (Wildman–Crippen MR) is 78.3 cm³/mol. The van der Waals surface area contributed by atoms with Crippen molar-refractivity contribution >= 4 is 5.97 Å². The molecule has 1 aromatic heterocycles. The van der Waals surface area contributed by atoms with Gasteiger partial charge in [0.15, 0.2) is 5.75 Å². The van der Waals surface area contributed by atoms with E-state index in [2.05, 4.69) is 4.98 Å². The Labute approximate surface area is 124 Å². The van der Waals surface area contributed by atoms with E-state index in [-0.39, 0.29) is 24.2 Å². The van der Waals surface area contributed by atoms with Gasteiger partial charge in [-0.2, -0.15) is 0 Å². The van der Waals surface area contributed by atoms with E-state index >= 15 is 0 Å². The molecular formula is C15H23NO5. The van der Waals surface area contributed by atoms with Crippen LogP contribution in [-0.2, 0) is 15.1 Å². The molecule has 0 aliphatic heterocycles. The van der Waals surface area contributed by atoms with E-state index in [0.717, 1.165) is 0 Å². The first-order valence-corrected chi connectivity index (χ1v) is 6.83. The van der Waals surface area contributed by atoms with Gasteiger partial charge >= 0.3 is 5.97 Å². The van der Waals surface area contributed by atoms with Gasteiger partial charge in [0, 0.05) is 11.8 Å². The van der Waals surface area contributed by atoms with Gasteiger partial charge in [0.2, 0.25) is 0 Å². The number of esters is 1. The lowest BCUT2D eigenvalue weighted by Crippen LogP contribution is -2.34. The van der Waals surface area contributed by atoms with Crippen molar-refractivity contribution in [1.29, 1.82) is 0 Å². The molecular weight excluding hydrogens is 274 g/mol. The Bertz CT molecular complexity index is 558. The van der Waals surface area contributed by atoms with Crippen molar-refractivity contribution in [2.75, 3.05) is 7.11 Å². The largest absolute Gasteiger partial charge is 0.491 e. The zero-order valence-electron chi connectivity index (χ0n) is 13.1. The minimum Gasteiger partial charge on any atom is -0.491 e. The number of aliphatic hydroxyl groups is 1. The number of carbonyl (C=O) groups is 1. The van der Waals surface area contributed by atoms with Gasteiger partial charge in [-0.05, 0) is 33.3 Å². The average molecular weight is 297 g/mol. The second-order valence-corrected chi connectivity index (χ2v) is 5.90. The van der Waals surface area contributed by atoms with Crippen molar-refractivity contribution in [3.63, 3.8) is 0 Å². The molecule has 1 aromatic rings. The van der Waals surface area contributed by atoms with Gasteiger partial charge in [-0.25, -0.2) is 0 Å². The van der Waals surface area contributed by atoms with Crippen LogP contribution in [0.4, 0.5) is 0 Å². The topological polar surface area (TPSA) is 88.6 Å². The maximum absolute atomic E-state index is 12.0. The van der Waals surface area contributed by atoms with Gasteiger partial charge in [-0.1, -0.05) is 6.92 Å². The molecule has 118 valence electrons. The Hall–Kier alpha value is -1.82. The summed E-state index contributed by atoms with van der Waals surface area (Å²) in [5.41, 5.74) is -2.32. The second-order valence-electron chi connectivity index (χ2n) is 5.90. The van der Waals surface area contributed by atoms with Crippen molar-refractivity contribution in [1.82, 2.24) is 4.98 Å². The number of ether oxygens (including phenoxy) is 2. The van der Waals surface area contributed by atoms with E-state index in [4.69, 9.17) is 9.47 Å². The Morgan fingerprint density at radius 1 is 1.38 bits per heavy atom. The molecule has 0 aliphatic rings. The van der Waals surface area contributed by atoms with Gasteiger partial charge < -0.3 is 19.6 Å². The molecule has 0 aliphatic carbocycles. The van der Waals surface area contributed by atoms with Gasteiger partial charge in [-0.3, -0.25) is 9.59 Å². The fourth-order valence-electron chi connectivity index (χ4n) is 2.06. The number of methoxy groups -OCH3 is 1. The van der Waals surface area contributed by atoms with E-state index in [1.165, 1.54) is 19.4 Å². The Morgan fingerprint density at radius 2 is 2.00 bits per heavy atom. The number of hydrogen-bond acceptors (Lipinski definition) is 5. The third kappa shape index (κ3) is 4.32. The van der Waals surface area contributed by atoms with Gasteiger partial charge in [0.05, 0.1) is 13.5 Å². The normalized spacial score (nSPS) is 14.4. The third-order valence-corrected chi connectivity index (χ3v) is 3.06. The summed E-state index contributed by atoms with van der Waals surface area (Å²) in [5, 5.41) is 10.8. The molecule has 1 rings (SSSR count). The summed E-state index contributed by atoms with van der Waals surface area (Å²) in [4.78, 5) is 26.2. The number of pyridine rings is 1. The zero-order chi connectivity index (χ0) is 16.3. The van der Waals surface area contributed by atoms with E-state index in [9.17, 15) is 14.7 Å². The van der Waals surface area contributed by atoms with Crippen LogP contribution in [0.5, 0.6) is 5.75 Å². The van der Waals surface area contributed by atoms with Crippen LogP contribution in [0, 0.1) is 0 Å². The molecule has 6 nitrogen and oxygen atoms in total. The van der Waals surface area contributed by atoms with Crippen LogP contribution in [0.2, 0.25) is 0 Å². The Balaban J connectivity index is 3.14. The first-order valence-electron chi connectivity index (χ1n) is 6.83. The SMILES string of the molecule is CCC(O)(CC(=O)OC(C)(C)C)c1cc[nH]c(=O)c1OC. The average Bonchev–Trinajstić information content (AvgIpc) is 2.35. The summed E-state index contributed by atoms with van der Waals surface area (Å²) in [7, 11) is 1.34. The number of nitrogens with one attached hydrogen (secondary N) is 1. The molecule has 2 N–H and O–H groups in total. The summed E-state index contributed by atoms with van der Waals surface area (Å²) in [6.07, 6.45) is 1.41. The van der Waals surface area contributed by atoms with E-state index < -0.39 is 22.7 Å². The maximum Gasteiger partial charge on any atom is 0.309 e. The molecule has 6 heteroatoms. The molecule has 1 heterocycles. The van der Waals surface area contributed by atoms with Crippen LogP contribution in [0.3, 0.4) is 0 Å². The number of hydrogen-bond donors (Lipinski definition) is 2. The first-order chi connectivity index (χ1) is 9.63. The molecule has 0 saturated carbocycles. The first kappa shape index (κ1) is 17.2. The van der Waals surface area contributed by atoms with Crippen molar-refractivity contribution < 1.29 is 19.4 Å². The van der Waals surface area contributed by atoms with E-state index in [1.807, 2.05) is 0 Å². The monoisotopic (exact) mass is 297 g/mol. The number of rotatable bonds is 5. The van der Waals surface area contributed by atoms with Crippen LogP contribution >= 0.6 is 0 Å². The summed E-state index contributed by atoms with van der Waals surface area (Å²) in [6, 6.07) is 1.54.